The summed E-state index contributed by atoms with van der Waals surface area (Å²) < 4.78 is 2.20. The lowest BCUT2D eigenvalue weighted by Gasteiger charge is -2.09. The van der Waals surface area contributed by atoms with Crippen LogP contribution in [-0.2, 0) is 0 Å². The Morgan fingerprint density at radius 3 is 2.28 bits per heavy atom. The third-order valence-electron chi connectivity index (χ3n) is 4.89. The molecule has 0 aliphatic rings. The van der Waals surface area contributed by atoms with Gasteiger partial charge in [-0.3, -0.25) is 14.4 Å². The van der Waals surface area contributed by atoms with Crippen molar-refractivity contribution in [3.63, 3.8) is 0 Å². The minimum Gasteiger partial charge on any atom is -0.299 e. The highest BCUT2D eigenvalue weighted by molar-refractivity contribution is 6.21. The van der Waals surface area contributed by atoms with Gasteiger partial charge < -0.3 is 0 Å². The number of fused-ring (bicyclic) bond motifs is 9. The lowest BCUT2D eigenvalue weighted by molar-refractivity contribution is 1.21. The molecule has 4 heteroatoms. The summed E-state index contributed by atoms with van der Waals surface area (Å²) in [5, 5.41) is 5.89. The maximum atomic E-state index is 4.66. The van der Waals surface area contributed by atoms with E-state index in [1.807, 2.05) is 12.3 Å². The summed E-state index contributed by atoms with van der Waals surface area (Å²) in [6.07, 6.45) is 7.49. The third-order valence-corrected chi connectivity index (χ3v) is 4.89. The van der Waals surface area contributed by atoms with E-state index in [1.54, 1.807) is 12.4 Å². The van der Waals surface area contributed by atoms with Crippen LogP contribution in [0.5, 0.6) is 0 Å². The van der Waals surface area contributed by atoms with Crippen molar-refractivity contribution in [2.24, 2.45) is 0 Å². The molecule has 6 rings (SSSR count). The number of hydrogen-bond donors (Lipinski definition) is 0. The molecule has 4 aromatic heterocycles. The van der Waals surface area contributed by atoms with E-state index in [4.69, 9.17) is 0 Å². The Morgan fingerprint density at radius 1 is 0.640 bits per heavy atom. The Labute approximate surface area is 142 Å². The Bertz CT molecular complexity index is 1450. The van der Waals surface area contributed by atoms with Gasteiger partial charge in [0.05, 0.1) is 16.6 Å². The quantitative estimate of drug-likeness (QED) is 0.300. The van der Waals surface area contributed by atoms with Crippen LogP contribution in [0.2, 0.25) is 0 Å². The molecular weight excluding hydrogens is 308 g/mol. The van der Waals surface area contributed by atoms with E-state index < -0.39 is 0 Å². The first-order valence-electron chi connectivity index (χ1n) is 8.21. The number of nitrogens with zero attached hydrogens (tertiary/aromatic N) is 4. The van der Waals surface area contributed by atoms with E-state index >= 15 is 0 Å². The molecule has 0 aliphatic carbocycles. The van der Waals surface area contributed by atoms with Crippen molar-refractivity contribution in [1.29, 1.82) is 0 Å². The molecule has 0 fully saturated rings. The van der Waals surface area contributed by atoms with Gasteiger partial charge in [0.15, 0.2) is 0 Å². The molecule has 0 saturated carbocycles. The number of benzene rings is 2. The van der Waals surface area contributed by atoms with Crippen LogP contribution in [0.1, 0.15) is 0 Å². The summed E-state index contributed by atoms with van der Waals surface area (Å²) in [5.74, 6) is 0. The standard InChI is InChI=1S/C21H12N4/c1-2-5-14-13(4-1)12-25-20(14)17-11-19-18(22-8-9-23-19)10-16(17)15-6-3-7-24-21(15)25/h1-12H. The summed E-state index contributed by atoms with van der Waals surface area (Å²) in [4.78, 5) is 13.6. The van der Waals surface area contributed by atoms with Gasteiger partial charge in [-0.1, -0.05) is 24.3 Å². The zero-order valence-electron chi connectivity index (χ0n) is 13.2. The van der Waals surface area contributed by atoms with E-state index in [0.717, 1.165) is 27.5 Å². The van der Waals surface area contributed by atoms with Crippen LogP contribution in [0, 0.1) is 0 Å². The Balaban J connectivity index is 2.03. The van der Waals surface area contributed by atoms with E-state index in [2.05, 4.69) is 68.0 Å². The van der Waals surface area contributed by atoms with Crippen LogP contribution in [0.3, 0.4) is 0 Å². The molecule has 25 heavy (non-hydrogen) atoms. The molecule has 0 saturated heterocycles. The molecule has 0 unspecified atom stereocenters. The Morgan fingerprint density at radius 2 is 1.40 bits per heavy atom. The van der Waals surface area contributed by atoms with Crippen molar-refractivity contribution in [3.8, 4) is 0 Å². The molecule has 116 valence electrons. The fourth-order valence-electron chi connectivity index (χ4n) is 3.83. The maximum Gasteiger partial charge on any atom is 0.145 e. The average molecular weight is 320 g/mol. The van der Waals surface area contributed by atoms with Gasteiger partial charge in [0.1, 0.15) is 5.65 Å². The van der Waals surface area contributed by atoms with Crippen LogP contribution >= 0.6 is 0 Å². The third kappa shape index (κ3) is 1.63. The number of rotatable bonds is 0. The fourth-order valence-corrected chi connectivity index (χ4v) is 3.83. The molecule has 4 nitrogen and oxygen atoms in total. The first-order chi connectivity index (χ1) is 12.4. The van der Waals surface area contributed by atoms with Crippen molar-refractivity contribution in [1.82, 2.24) is 19.4 Å². The predicted molar refractivity (Wildman–Crippen MR) is 101 cm³/mol. The minimum absolute atomic E-state index is 0.903. The summed E-state index contributed by atoms with van der Waals surface area (Å²) in [6.45, 7) is 0. The second-order valence-electron chi connectivity index (χ2n) is 6.25. The van der Waals surface area contributed by atoms with E-state index in [0.29, 0.717) is 0 Å². The molecule has 2 aromatic carbocycles. The predicted octanol–water partition coefficient (Wildman–Crippen LogP) is 4.74. The summed E-state index contributed by atoms with van der Waals surface area (Å²) in [5.41, 5.74) is 3.94. The summed E-state index contributed by atoms with van der Waals surface area (Å²) in [7, 11) is 0. The molecule has 0 N–H and O–H groups in total. The molecular formula is C21H12N4. The van der Waals surface area contributed by atoms with Crippen molar-refractivity contribution in [2.45, 2.75) is 0 Å². The minimum atomic E-state index is 0.903. The molecule has 6 aromatic rings. The fraction of sp³-hybridized carbons (Fsp3) is 0. The normalized spacial score (nSPS) is 12.0. The highest BCUT2D eigenvalue weighted by Gasteiger charge is 2.14. The van der Waals surface area contributed by atoms with Crippen LogP contribution in [-0.4, -0.2) is 19.4 Å². The van der Waals surface area contributed by atoms with Crippen molar-refractivity contribution in [2.75, 3.05) is 0 Å². The van der Waals surface area contributed by atoms with Gasteiger partial charge >= 0.3 is 0 Å². The second-order valence-corrected chi connectivity index (χ2v) is 6.25. The maximum absolute atomic E-state index is 4.66. The zero-order chi connectivity index (χ0) is 16.4. The molecule has 0 amide bonds. The lowest BCUT2D eigenvalue weighted by atomic mass is 10.0. The zero-order valence-corrected chi connectivity index (χ0v) is 13.2. The van der Waals surface area contributed by atoms with E-state index in [1.165, 1.54) is 21.7 Å². The first-order valence-corrected chi connectivity index (χ1v) is 8.21. The largest absolute Gasteiger partial charge is 0.299 e. The first kappa shape index (κ1) is 12.8. The number of aromatic nitrogens is 4. The van der Waals surface area contributed by atoms with Crippen LogP contribution in [0.4, 0.5) is 0 Å². The van der Waals surface area contributed by atoms with Crippen LogP contribution in [0.25, 0.3) is 49.1 Å². The molecule has 0 radical (unpaired) electrons. The van der Waals surface area contributed by atoms with E-state index in [-0.39, 0.29) is 0 Å². The number of pyridine rings is 2. The molecule has 0 atom stereocenters. The van der Waals surface area contributed by atoms with Crippen LogP contribution in [0.15, 0.2) is 73.3 Å². The summed E-state index contributed by atoms with van der Waals surface area (Å²) >= 11 is 0. The van der Waals surface area contributed by atoms with Gasteiger partial charge in [-0.2, -0.15) is 0 Å². The second kappa shape index (κ2) is 4.51. The number of hydrogen-bond acceptors (Lipinski definition) is 3. The van der Waals surface area contributed by atoms with Crippen molar-refractivity contribution < 1.29 is 0 Å². The van der Waals surface area contributed by atoms with Gasteiger partial charge in [0, 0.05) is 46.3 Å². The topological polar surface area (TPSA) is 43.1 Å². The Kier molecular flexibility index (Phi) is 2.32. The van der Waals surface area contributed by atoms with Gasteiger partial charge in [-0.05, 0) is 29.7 Å². The smallest absolute Gasteiger partial charge is 0.145 e. The monoisotopic (exact) mass is 320 g/mol. The van der Waals surface area contributed by atoms with Crippen molar-refractivity contribution >= 4 is 49.1 Å². The highest BCUT2D eigenvalue weighted by atomic mass is 15.0. The van der Waals surface area contributed by atoms with Gasteiger partial charge in [0.2, 0.25) is 0 Å². The van der Waals surface area contributed by atoms with Gasteiger partial charge in [-0.25, -0.2) is 4.98 Å². The molecule has 0 aliphatic heterocycles. The molecule has 4 heterocycles. The lowest BCUT2D eigenvalue weighted by Crippen LogP contribution is -1.93. The molecule has 0 bridgehead atoms. The molecule has 0 spiro atoms. The van der Waals surface area contributed by atoms with Gasteiger partial charge in [-0.15, -0.1) is 0 Å². The van der Waals surface area contributed by atoms with Crippen molar-refractivity contribution in [3.05, 3.63) is 73.3 Å². The summed E-state index contributed by atoms with van der Waals surface area (Å²) in [6, 6.07) is 16.8. The Hall–Kier alpha value is -3.53. The average Bonchev–Trinajstić information content (AvgIpc) is 3.07. The SMILES string of the molecule is c1ccc2c(c1)cn1c3ncccc3c3cc4nccnc4cc3c21. The van der Waals surface area contributed by atoms with Gasteiger partial charge in [0.25, 0.3) is 0 Å². The van der Waals surface area contributed by atoms with E-state index in [9.17, 15) is 0 Å². The van der Waals surface area contributed by atoms with Crippen LogP contribution < -0.4 is 0 Å². The highest BCUT2D eigenvalue weighted by Crippen LogP contribution is 2.35.